The van der Waals surface area contributed by atoms with E-state index in [-0.39, 0.29) is 13.0 Å². The Morgan fingerprint density at radius 1 is 1.12 bits per heavy atom. The molecule has 2 aliphatic rings. The summed E-state index contributed by atoms with van der Waals surface area (Å²) in [5.41, 5.74) is 1.39. The summed E-state index contributed by atoms with van der Waals surface area (Å²) in [5, 5.41) is 10.3. The van der Waals surface area contributed by atoms with Gasteiger partial charge in [0.25, 0.3) is 11.8 Å². The highest BCUT2D eigenvalue weighted by Gasteiger charge is 2.40. The van der Waals surface area contributed by atoms with E-state index >= 15 is 0 Å². The SMILES string of the molecule is CN1CCc2nc(C(=O)N[C@@H]3CN(C(=O)NC(C)(C)C)C(=O)C[C@@H]3NC(=O)c3cc4cc(Cl)ccc4[nH]3)sc2C1. The van der Waals surface area contributed by atoms with Crippen LogP contribution in [-0.2, 0) is 17.8 Å². The fourth-order valence-electron chi connectivity index (χ4n) is 4.87. The lowest BCUT2D eigenvalue weighted by Crippen LogP contribution is -2.65. The predicted molar refractivity (Wildman–Crippen MR) is 153 cm³/mol. The molecule has 2 aliphatic heterocycles. The van der Waals surface area contributed by atoms with Crippen molar-refractivity contribution in [2.24, 2.45) is 0 Å². The number of H-pyrrole nitrogens is 1. The molecule has 40 heavy (non-hydrogen) atoms. The quantitative estimate of drug-likeness (QED) is 0.371. The molecule has 3 aromatic rings. The molecule has 1 fully saturated rings. The summed E-state index contributed by atoms with van der Waals surface area (Å²) in [5.74, 6) is -1.30. The number of benzene rings is 1. The number of thiazole rings is 1. The zero-order chi connectivity index (χ0) is 28.8. The minimum Gasteiger partial charge on any atom is -0.351 e. The summed E-state index contributed by atoms with van der Waals surface area (Å²) >= 11 is 7.42. The van der Waals surface area contributed by atoms with Gasteiger partial charge in [0.05, 0.1) is 24.3 Å². The number of piperidine rings is 1. The molecule has 1 aromatic carbocycles. The Morgan fingerprint density at radius 3 is 2.62 bits per heavy atom. The van der Waals surface area contributed by atoms with Crippen LogP contribution in [0.1, 0.15) is 58.1 Å². The first-order chi connectivity index (χ1) is 18.9. The molecular formula is C27H32ClN7O4S. The van der Waals surface area contributed by atoms with Crippen LogP contribution in [0.3, 0.4) is 0 Å². The number of imide groups is 1. The van der Waals surface area contributed by atoms with Crippen LogP contribution in [0.25, 0.3) is 10.9 Å². The maximum atomic E-state index is 13.3. The van der Waals surface area contributed by atoms with Gasteiger partial charge in [-0.2, -0.15) is 0 Å². The number of carbonyl (C=O) groups is 4. The molecular weight excluding hydrogens is 554 g/mol. The van der Waals surface area contributed by atoms with Crippen LogP contribution >= 0.6 is 22.9 Å². The summed E-state index contributed by atoms with van der Waals surface area (Å²) in [4.78, 5) is 64.5. The van der Waals surface area contributed by atoms with Crippen LogP contribution in [0.5, 0.6) is 0 Å². The van der Waals surface area contributed by atoms with Crippen molar-refractivity contribution in [3.8, 4) is 0 Å². The van der Waals surface area contributed by atoms with Crippen molar-refractivity contribution in [1.82, 2.24) is 35.7 Å². The van der Waals surface area contributed by atoms with Crippen molar-refractivity contribution in [1.29, 1.82) is 0 Å². The summed E-state index contributed by atoms with van der Waals surface area (Å²) in [7, 11) is 2.02. The third kappa shape index (κ3) is 6.13. The topological polar surface area (TPSA) is 140 Å². The molecule has 2 atom stereocenters. The number of nitrogens with zero attached hydrogens (tertiary/aromatic N) is 3. The molecule has 0 saturated carbocycles. The van der Waals surface area contributed by atoms with Crippen LogP contribution in [0.2, 0.25) is 5.02 Å². The summed E-state index contributed by atoms with van der Waals surface area (Å²) in [6.07, 6.45) is 0.599. The average Bonchev–Trinajstić information content (AvgIpc) is 3.48. The van der Waals surface area contributed by atoms with E-state index < -0.39 is 41.4 Å². The van der Waals surface area contributed by atoms with Crippen molar-refractivity contribution in [2.75, 3.05) is 20.1 Å². The fraction of sp³-hybridized carbons (Fsp3) is 0.444. The molecule has 5 amide bonds. The summed E-state index contributed by atoms with van der Waals surface area (Å²) < 4.78 is 0. The molecule has 13 heteroatoms. The highest BCUT2D eigenvalue weighted by molar-refractivity contribution is 7.13. The smallest absolute Gasteiger partial charge is 0.324 e. The third-order valence-electron chi connectivity index (χ3n) is 6.86. The number of halogens is 1. The van der Waals surface area contributed by atoms with Gasteiger partial charge in [0.1, 0.15) is 5.69 Å². The number of aromatic amines is 1. The van der Waals surface area contributed by atoms with Crippen molar-refractivity contribution in [2.45, 2.75) is 57.8 Å². The first-order valence-electron chi connectivity index (χ1n) is 13.1. The Balaban J connectivity index is 1.37. The summed E-state index contributed by atoms with van der Waals surface area (Å²) in [6, 6.07) is 4.88. The number of hydrogen-bond acceptors (Lipinski definition) is 7. The molecule has 1 saturated heterocycles. The average molecular weight is 586 g/mol. The van der Waals surface area contributed by atoms with Crippen molar-refractivity contribution in [3.05, 3.63) is 50.6 Å². The zero-order valence-corrected chi connectivity index (χ0v) is 24.3. The van der Waals surface area contributed by atoms with Gasteiger partial charge in [0.15, 0.2) is 5.01 Å². The van der Waals surface area contributed by atoms with Crippen molar-refractivity contribution >= 4 is 57.6 Å². The second-order valence-corrected chi connectivity index (χ2v) is 12.9. The lowest BCUT2D eigenvalue weighted by Gasteiger charge is -2.38. The number of urea groups is 1. The van der Waals surface area contributed by atoms with Crippen molar-refractivity contribution < 1.29 is 19.2 Å². The number of aromatic nitrogens is 2. The molecule has 212 valence electrons. The Morgan fingerprint density at radius 2 is 1.88 bits per heavy atom. The monoisotopic (exact) mass is 585 g/mol. The summed E-state index contributed by atoms with van der Waals surface area (Å²) in [6.45, 7) is 6.94. The molecule has 0 radical (unpaired) electrons. The molecule has 2 aromatic heterocycles. The van der Waals surface area contributed by atoms with Gasteiger partial charge in [0.2, 0.25) is 5.91 Å². The van der Waals surface area contributed by atoms with Crippen LogP contribution < -0.4 is 16.0 Å². The van der Waals surface area contributed by atoms with Crippen LogP contribution in [0.15, 0.2) is 24.3 Å². The van der Waals surface area contributed by atoms with Crippen LogP contribution in [0.4, 0.5) is 4.79 Å². The lowest BCUT2D eigenvalue weighted by molar-refractivity contribution is -0.131. The van der Waals surface area contributed by atoms with Gasteiger partial charge < -0.3 is 25.8 Å². The minimum atomic E-state index is -0.752. The molecule has 4 N–H and O–H groups in total. The number of carbonyl (C=O) groups excluding carboxylic acids is 4. The first-order valence-corrected chi connectivity index (χ1v) is 14.3. The van der Waals surface area contributed by atoms with Gasteiger partial charge in [-0.15, -0.1) is 11.3 Å². The first kappa shape index (κ1) is 28.1. The Bertz CT molecular complexity index is 1490. The number of likely N-dealkylation sites (tertiary alicyclic amines) is 1. The normalized spacial score (nSPS) is 19.8. The van der Waals surface area contributed by atoms with Crippen LogP contribution in [-0.4, -0.2) is 81.3 Å². The van der Waals surface area contributed by atoms with Gasteiger partial charge in [-0.25, -0.2) is 9.78 Å². The van der Waals surface area contributed by atoms with E-state index in [1.807, 2.05) is 27.8 Å². The van der Waals surface area contributed by atoms with E-state index in [1.165, 1.54) is 11.3 Å². The number of fused-ring (bicyclic) bond motifs is 2. The number of likely N-dealkylation sites (N-methyl/N-ethyl adjacent to an activating group) is 1. The van der Waals surface area contributed by atoms with E-state index in [2.05, 4.69) is 30.8 Å². The minimum absolute atomic E-state index is 0.104. The fourth-order valence-corrected chi connectivity index (χ4v) is 6.14. The zero-order valence-electron chi connectivity index (χ0n) is 22.8. The second kappa shape index (κ2) is 10.8. The van der Waals surface area contributed by atoms with Gasteiger partial charge in [-0.05, 0) is 52.1 Å². The highest BCUT2D eigenvalue weighted by Crippen LogP contribution is 2.25. The number of rotatable bonds is 4. The maximum absolute atomic E-state index is 13.3. The second-order valence-electron chi connectivity index (χ2n) is 11.3. The number of hydrogen-bond donors (Lipinski definition) is 4. The van der Waals surface area contributed by atoms with Gasteiger partial charge in [0, 0.05) is 52.3 Å². The molecule has 0 spiro atoms. The predicted octanol–water partition coefficient (Wildman–Crippen LogP) is 2.90. The van der Waals surface area contributed by atoms with E-state index in [0.717, 1.165) is 45.9 Å². The van der Waals surface area contributed by atoms with Gasteiger partial charge >= 0.3 is 6.03 Å². The molecule has 11 nitrogen and oxygen atoms in total. The van der Waals surface area contributed by atoms with Crippen molar-refractivity contribution in [3.63, 3.8) is 0 Å². The number of amides is 5. The molecule has 0 unspecified atom stereocenters. The molecule has 0 bridgehead atoms. The van der Waals surface area contributed by atoms with E-state index in [4.69, 9.17) is 11.6 Å². The van der Waals surface area contributed by atoms with E-state index in [9.17, 15) is 19.2 Å². The third-order valence-corrected chi connectivity index (χ3v) is 8.18. The van der Waals surface area contributed by atoms with Gasteiger partial charge in [-0.1, -0.05) is 11.6 Å². The standard InChI is InChI=1S/C27H32ClN7O4S/c1-27(2,3)33-26(39)35-12-20(31-24(38)25-32-17-7-8-34(4)13-21(17)40-25)18(11-22(35)36)30-23(37)19-10-14-9-15(28)5-6-16(14)29-19/h5-6,9-10,18,20,29H,7-8,11-13H2,1-4H3,(H,30,37)(H,31,38)(H,33,39)/t18-,20+/m0/s1. The van der Waals surface area contributed by atoms with Gasteiger partial charge in [-0.3, -0.25) is 19.3 Å². The maximum Gasteiger partial charge on any atom is 0.324 e. The molecule has 0 aliphatic carbocycles. The Labute approximate surface area is 240 Å². The number of nitrogens with one attached hydrogen (secondary N) is 4. The highest BCUT2D eigenvalue weighted by atomic mass is 35.5. The Hall–Kier alpha value is -3.48. The lowest BCUT2D eigenvalue weighted by atomic mass is 9.98. The van der Waals surface area contributed by atoms with Crippen LogP contribution in [0, 0.1) is 0 Å². The molecule has 4 heterocycles. The molecule has 5 rings (SSSR count). The van der Waals surface area contributed by atoms with E-state index in [1.54, 1.807) is 24.3 Å². The largest absolute Gasteiger partial charge is 0.351 e. The Kier molecular flexibility index (Phi) is 7.60. The van der Waals surface area contributed by atoms with E-state index in [0.29, 0.717) is 15.7 Å².